The van der Waals surface area contributed by atoms with Crippen LogP contribution in [0.5, 0.6) is 0 Å². The van der Waals surface area contributed by atoms with E-state index in [0.717, 1.165) is 12.8 Å². The van der Waals surface area contributed by atoms with E-state index in [1.165, 1.54) is 103 Å². The predicted octanol–water partition coefficient (Wildman–Crippen LogP) is 8.21. The van der Waals surface area contributed by atoms with Crippen molar-refractivity contribution in [1.29, 1.82) is 0 Å². The second kappa shape index (κ2) is 17.0. The predicted molar refractivity (Wildman–Crippen MR) is 132 cm³/mol. The van der Waals surface area contributed by atoms with E-state index in [2.05, 4.69) is 35.0 Å². The highest BCUT2D eigenvalue weighted by molar-refractivity contribution is 5.77. The monoisotopic (exact) mass is 426 g/mol. The summed E-state index contributed by atoms with van der Waals surface area (Å²) in [4.78, 5) is 12.4. The number of likely N-dealkylation sites (N-methyl/N-ethyl adjacent to an activating group) is 1. The zero-order valence-electron chi connectivity index (χ0n) is 21.6. The minimum absolute atomic E-state index is 0.259. The average molecular weight is 427 g/mol. The van der Waals surface area contributed by atoms with E-state index in [0.29, 0.717) is 4.48 Å². The van der Waals surface area contributed by atoms with Crippen molar-refractivity contribution in [2.24, 2.45) is 5.92 Å². The molecule has 0 aliphatic rings. The Kier molecular flexibility index (Phi) is 16.7. The van der Waals surface area contributed by atoms with Gasteiger partial charge in [0.05, 0.1) is 21.1 Å². The van der Waals surface area contributed by atoms with Gasteiger partial charge in [0.2, 0.25) is 0 Å². The molecular formula is C27H56NO2+. The molecule has 0 aliphatic heterocycles. The number of carboxylic acids is 1. The van der Waals surface area contributed by atoms with E-state index in [-0.39, 0.29) is 5.92 Å². The van der Waals surface area contributed by atoms with Gasteiger partial charge in [0.15, 0.2) is 5.54 Å². The lowest BCUT2D eigenvalue weighted by molar-refractivity contribution is -0.916. The first-order valence-electron chi connectivity index (χ1n) is 13.3. The summed E-state index contributed by atoms with van der Waals surface area (Å²) in [6.07, 6.45) is 23.1. The van der Waals surface area contributed by atoms with E-state index in [1.54, 1.807) is 0 Å². The summed E-state index contributed by atoms with van der Waals surface area (Å²) in [6, 6.07) is 0. The van der Waals surface area contributed by atoms with Crippen LogP contribution in [-0.4, -0.2) is 42.2 Å². The maximum absolute atomic E-state index is 12.4. The molecular weight excluding hydrogens is 370 g/mol. The van der Waals surface area contributed by atoms with Crippen LogP contribution in [0.4, 0.5) is 0 Å². The fourth-order valence-corrected chi connectivity index (χ4v) is 4.76. The SMILES string of the molecule is CCCCCCCCCCCC(CCCCCCCCC)C(C)(C(=O)O)[N+](C)(C)C. The molecule has 0 saturated carbocycles. The first kappa shape index (κ1) is 29.4. The second-order valence-corrected chi connectivity index (χ2v) is 10.7. The Bertz CT molecular complexity index is 416. The number of quaternary nitrogens is 1. The topological polar surface area (TPSA) is 37.3 Å². The maximum atomic E-state index is 12.4. The zero-order valence-corrected chi connectivity index (χ0v) is 21.6. The molecule has 1 N–H and O–H groups in total. The lowest BCUT2D eigenvalue weighted by Crippen LogP contribution is -2.64. The minimum atomic E-state index is -0.706. The number of unbranched alkanes of at least 4 members (excludes halogenated alkanes) is 14. The molecule has 0 fully saturated rings. The van der Waals surface area contributed by atoms with Crippen molar-refractivity contribution < 1.29 is 14.4 Å². The second-order valence-electron chi connectivity index (χ2n) is 10.7. The fourth-order valence-electron chi connectivity index (χ4n) is 4.76. The van der Waals surface area contributed by atoms with Gasteiger partial charge in [-0.05, 0) is 12.8 Å². The summed E-state index contributed by atoms with van der Waals surface area (Å²) in [7, 11) is 6.17. The number of carboxylic acid groups (broad SMARTS) is 1. The summed E-state index contributed by atoms with van der Waals surface area (Å²) < 4.78 is 0.501. The largest absolute Gasteiger partial charge is 0.477 e. The van der Waals surface area contributed by atoms with Crippen molar-refractivity contribution in [1.82, 2.24) is 0 Å². The maximum Gasteiger partial charge on any atom is 0.365 e. The van der Waals surface area contributed by atoms with Gasteiger partial charge in [0.1, 0.15) is 0 Å². The zero-order chi connectivity index (χ0) is 22.9. The Morgan fingerprint density at radius 1 is 0.667 bits per heavy atom. The lowest BCUT2D eigenvalue weighted by atomic mass is 9.76. The number of carbonyl (C=O) groups is 1. The fraction of sp³-hybridized carbons (Fsp3) is 0.963. The molecule has 0 aromatic heterocycles. The van der Waals surface area contributed by atoms with Gasteiger partial charge in [-0.25, -0.2) is 4.79 Å². The number of hydrogen-bond donors (Lipinski definition) is 1. The highest BCUT2D eigenvalue weighted by Crippen LogP contribution is 2.36. The van der Waals surface area contributed by atoms with Crippen LogP contribution >= 0.6 is 0 Å². The molecule has 0 aliphatic carbocycles. The molecule has 3 heteroatoms. The Balaban J connectivity index is 4.53. The summed E-state index contributed by atoms with van der Waals surface area (Å²) in [5.41, 5.74) is -0.706. The summed E-state index contributed by atoms with van der Waals surface area (Å²) in [6.45, 7) is 6.52. The van der Waals surface area contributed by atoms with Crippen LogP contribution in [0.3, 0.4) is 0 Å². The number of hydrogen-bond acceptors (Lipinski definition) is 1. The van der Waals surface area contributed by atoms with Crippen molar-refractivity contribution in [2.45, 2.75) is 142 Å². The number of rotatable bonds is 21. The van der Waals surface area contributed by atoms with Crippen LogP contribution in [0.25, 0.3) is 0 Å². The van der Waals surface area contributed by atoms with Crippen molar-refractivity contribution >= 4 is 5.97 Å². The third-order valence-corrected chi connectivity index (χ3v) is 7.43. The molecule has 0 rings (SSSR count). The molecule has 0 heterocycles. The highest BCUT2D eigenvalue weighted by atomic mass is 16.4. The van der Waals surface area contributed by atoms with E-state index in [1.807, 2.05) is 6.92 Å². The lowest BCUT2D eigenvalue weighted by Gasteiger charge is -2.45. The Morgan fingerprint density at radius 2 is 0.967 bits per heavy atom. The number of nitrogens with zero attached hydrogens (tertiary/aromatic N) is 1. The van der Waals surface area contributed by atoms with Crippen LogP contribution in [-0.2, 0) is 4.79 Å². The first-order chi connectivity index (χ1) is 14.2. The van der Waals surface area contributed by atoms with Crippen LogP contribution < -0.4 is 0 Å². The van der Waals surface area contributed by atoms with Crippen LogP contribution in [0, 0.1) is 5.92 Å². The normalized spacial score (nSPS) is 15.1. The van der Waals surface area contributed by atoms with Gasteiger partial charge < -0.3 is 9.59 Å². The summed E-state index contributed by atoms with van der Waals surface area (Å²) >= 11 is 0. The third kappa shape index (κ3) is 11.7. The van der Waals surface area contributed by atoms with Gasteiger partial charge in [0.25, 0.3) is 0 Å². The Morgan fingerprint density at radius 3 is 1.23 bits per heavy atom. The number of aliphatic carboxylic acids is 1. The van der Waals surface area contributed by atoms with Crippen molar-refractivity contribution in [3.63, 3.8) is 0 Å². The molecule has 0 saturated heterocycles. The average Bonchev–Trinajstić information content (AvgIpc) is 2.68. The molecule has 0 amide bonds. The van der Waals surface area contributed by atoms with E-state index < -0.39 is 11.5 Å². The van der Waals surface area contributed by atoms with Crippen LogP contribution in [0.2, 0.25) is 0 Å². The molecule has 180 valence electrons. The van der Waals surface area contributed by atoms with Crippen LogP contribution in [0.15, 0.2) is 0 Å². The standard InChI is InChI=1S/C27H55NO2/c1-7-9-11-13-15-16-18-20-22-24-25(23-21-19-17-14-12-10-8-2)27(3,26(29)30)28(4,5)6/h25H,7-24H2,1-6H3/p+1. The first-order valence-corrected chi connectivity index (χ1v) is 13.3. The summed E-state index contributed by atoms with van der Waals surface area (Å²) in [5.74, 6) is -0.367. The molecule has 3 nitrogen and oxygen atoms in total. The smallest absolute Gasteiger partial charge is 0.365 e. The quantitative estimate of drug-likeness (QED) is 0.148. The third-order valence-electron chi connectivity index (χ3n) is 7.43. The van der Waals surface area contributed by atoms with Crippen molar-refractivity contribution in [3.05, 3.63) is 0 Å². The van der Waals surface area contributed by atoms with E-state index >= 15 is 0 Å². The summed E-state index contributed by atoms with van der Waals surface area (Å²) in [5, 5.41) is 10.2. The van der Waals surface area contributed by atoms with Crippen molar-refractivity contribution in [3.8, 4) is 0 Å². The van der Waals surface area contributed by atoms with Gasteiger partial charge in [-0.3, -0.25) is 0 Å². The van der Waals surface area contributed by atoms with Crippen LogP contribution in [0.1, 0.15) is 136 Å². The van der Waals surface area contributed by atoms with Gasteiger partial charge in [-0.2, -0.15) is 0 Å². The molecule has 0 radical (unpaired) electrons. The van der Waals surface area contributed by atoms with Crippen molar-refractivity contribution in [2.75, 3.05) is 21.1 Å². The molecule has 0 aromatic carbocycles. The van der Waals surface area contributed by atoms with Gasteiger partial charge in [-0.1, -0.05) is 117 Å². The molecule has 2 atom stereocenters. The highest BCUT2D eigenvalue weighted by Gasteiger charge is 2.51. The molecule has 2 unspecified atom stereocenters. The molecule has 0 bridgehead atoms. The van der Waals surface area contributed by atoms with Gasteiger partial charge in [0, 0.05) is 12.8 Å². The van der Waals surface area contributed by atoms with Gasteiger partial charge in [-0.15, -0.1) is 0 Å². The molecule has 0 spiro atoms. The van der Waals surface area contributed by atoms with E-state index in [4.69, 9.17) is 0 Å². The van der Waals surface area contributed by atoms with E-state index in [9.17, 15) is 9.90 Å². The molecule has 0 aromatic rings. The Labute approximate surface area is 189 Å². The minimum Gasteiger partial charge on any atom is -0.477 e. The Hall–Kier alpha value is -0.570. The van der Waals surface area contributed by atoms with Gasteiger partial charge >= 0.3 is 5.97 Å². The molecule has 30 heavy (non-hydrogen) atoms.